The van der Waals surface area contributed by atoms with Crippen molar-refractivity contribution in [3.63, 3.8) is 0 Å². The summed E-state index contributed by atoms with van der Waals surface area (Å²) >= 11 is 0. The lowest BCUT2D eigenvalue weighted by molar-refractivity contribution is -0.134. The van der Waals surface area contributed by atoms with E-state index in [1.807, 2.05) is 12.1 Å². The predicted octanol–water partition coefficient (Wildman–Crippen LogP) is 3.40. The summed E-state index contributed by atoms with van der Waals surface area (Å²) in [6.07, 6.45) is 7.47. The number of phenols is 1. The maximum atomic E-state index is 9.60. The molecule has 6 nitrogen and oxygen atoms in total. The maximum Gasteiger partial charge on any atom is 0.328 e. The number of nitrogens with one attached hydrogen (secondary N) is 1. The van der Waals surface area contributed by atoms with E-state index in [2.05, 4.69) is 18.3 Å². The van der Waals surface area contributed by atoms with Crippen LogP contribution in [0.5, 0.6) is 5.75 Å². The van der Waals surface area contributed by atoms with E-state index in [1.54, 1.807) is 17.2 Å². The smallest absolute Gasteiger partial charge is 0.328 e. The van der Waals surface area contributed by atoms with Crippen molar-refractivity contribution in [1.82, 2.24) is 5.32 Å². The fourth-order valence-electron chi connectivity index (χ4n) is 3.55. The zero-order chi connectivity index (χ0) is 19.1. The first-order chi connectivity index (χ1) is 12.4. The number of aromatic hydroxyl groups is 1. The van der Waals surface area contributed by atoms with E-state index >= 15 is 0 Å². The van der Waals surface area contributed by atoms with Crippen molar-refractivity contribution in [3.05, 3.63) is 53.1 Å². The topological polar surface area (TPSA) is 107 Å². The highest BCUT2D eigenvalue weighted by Gasteiger charge is 2.27. The van der Waals surface area contributed by atoms with Crippen molar-refractivity contribution >= 4 is 11.9 Å². The summed E-state index contributed by atoms with van der Waals surface area (Å²) in [6, 6.07) is 8.52. The Morgan fingerprint density at radius 3 is 2.38 bits per heavy atom. The molecule has 0 radical (unpaired) electrons. The van der Waals surface area contributed by atoms with Crippen molar-refractivity contribution in [3.8, 4) is 5.75 Å². The predicted molar refractivity (Wildman–Crippen MR) is 98.0 cm³/mol. The van der Waals surface area contributed by atoms with E-state index in [9.17, 15) is 14.7 Å². The standard InChI is InChI=1S/C16H21NO.C4H4O4/c1-11-15-8-3-2-5-12(15)10-16(17-11)13-6-4-7-14(18)9-13;5-3(6)1-2-4(7)8/h4,6-7,9,11,16-18H,2-3,5,8,10H2,1H3;1-2H,(H,5,6)(H,7,8)/b;2-1-/t11-,16+;/m1./s1. The van der Waals surface area contributed by atoms with Crippen LogP contribution in [0.4, 0.5) is 0 Å². The fraction of sp³-hybridized carbons (Fsp3) is 0.400. The molecule has 0 bridgehead atoms. The average Bonchev–Trinajstić information content (AvgIpc) is 2.60. The minimum atomic E-state index is -1.26. The lowest BCUT2D eigenvalue weighted by Gasteiger charge is -2.36. The van der Waals surface area contributed by atoms with Gasteiger partial charge in [-0.05, 0) is 56.7 Å². The third-order valence-corrected chi connectivity index (χ3v) is 4.69. The first kappa shape index (κ1) is 19.7. The van der Waals surface area contributed by atoms with Crippen molar-refractivity contribution in [1.29, 1.82) is 0 Å². The van der Waals surface area contributed by atoms with Gasteiger partial charge in [-0.2, -0.15) is 0 Å². The summed E-state index contributed by atoms with van der Waals surface area (Å²) in [5.74, 6) is -2.15. The van der Waals surface area contributed by atoms with Gasteiger partial charge in [0.2, 0.25) is 0 Å². The molecule has 4 N–H and O–H groups in total. The first-order valence-electron chi connectivity index (χ1n) is 8.76. The first-order valence-corrected chi connectivity index (χ1v) is 8.76. The highest BCUT2D eigenvalue weighted by Crippen LogP contribution is 2.38. The molecule has 0 aromatic heterocycles. The number of hydrogen-bond donors (Lipinski definition) is 4. The van der Waals surface area contributed by atoms with E-state index in [1.165, 1.54) is 31.2 Å². The molecule has 1 aromatic carbocycles. The molecule has 0 fully saturated rings. The minimum Gasteiger partial charge on any atom is -0.508 e. The van der Waals surface area contributed by atoms with Crippen LogP contribution in [0.25, 0.3) is 0 Å². The molecule has 6 heteroatoms. The Morgan fingerprint density at radius 2 is 1.77 bits per heavy atom. The molecule has 3 rings (SSSR count). The van der Waals surface area contributed by atoms with Crippen LogP contribution in [-0.2, 0) is 9.59 Å². The molecule has 0 amide bonds. The van der Waals surface area contributed by atoms with Crippen molar-refractivity contribution in [2.75, 3.05) is 0 Å². The molecular weight excluding hydrogens is 334 g/mol. The van der Waals surface area contributed by atoms with Gasteiger partial charge < -0.3 is 20.6 Å². The van der Waals surface area contributed by atoms with E-state index < -0.39 is 11.9 Å². The molecule has 0 spiro atoms. The summed E-state index contributed by atoms with van der Waals surface area (Å²) in [5.41, 5.74) is 4.53. The van der Waals surface area contributed by atoms with Gasteiger partial charge in [0.25, 0.3) is 0 Å². The van der Waals surface area contributed by atoms with Crippen molar-refractivity contribution < 1.29 is 24.9 Å². The van der Waals surface area contributed by atoms with Crippen LogP contribution < -0.4 is 5.32 Å². The molecule has 0 unspecified atom stereocenters. The molecule has 0 saturated heterocycles. The molecule has 1 heterocycles. The fourth-order valence-corrected chi connectivity index (χ4v) is 3.55. The van der Waals surface area contributed by atoms with Gasteiger partial charge in [0, 0.05) is 24.2 Å². The number of carboxylic acids is 2. The number of rotatable bonds is 3. The van der Waals surface area contributed by atoms with Crippen LogP contribution in [0, 0.1) is 0 Å². The second-order valence-electron chi connectivity index (χ2n) is 6.59. The second kappa shape index (κ2) is 9.20. The van der Waals surface area contributed by atoms with Gasteiger partial charge >= 0.3 is 11.9 Å². The Bertz CT molecular complexity index is 707. The number of carbonyl (C=O) groups is 2. The third kappa shape index (κ3) is 5.74. The summed E-state index contributed by atoms with van der Waals surface area (Å²) in [6.45, 7) is 2.27. The van der Waals surface area contributed by atoms with E-state index in [4.69, 9.17) is 10.2 Å². The van der Waals surface area contributed by atoms with Crippen molar-refractivity contribution in [2.24, 2.45) is 0 Å². The molecule has 0 saturated carbocycles. The molecule has 1 aliphatic heterocycles. The summed E-state index contributed by atoms with van der Waals surface area (Å²) in [7, 11) is 0. The maximum absolute atomic E-state index is 9.60. The molecule has 140 valence electrons. The summed E-state index contributed by atoms with van der Waals surface area (Å²) < 4.78 is 0. The highest BCUT2D eigenvalue weighted by atomic mass is 16.4. The van der Waals surface area contributed by atoms with Crippen LogP contribution in [0.2, 0.25) is 0 Å². The van der Waals surface area contributed by atoms with E-state index in [0.717, 1.165) is 6.42 Å². The lowest BCUT2D eigenvalue weighted by atomic mass is 9.80. The SMILES string of the molecule is C[C@H]1N[C@H](c2cccc(O)c2)CC2=C1CCCC2.O=C(O)/C=C\C(=O)O. The highest BCUT2D eigenvalue weighted by molar-refractivity contribution is 5.89. The average molecular weight is 359 g/mol. The van der Waals surface area contributed by atoms with Crippen LogP contribution in [0.3, 0.4) is 0 Å². The number of carboxylic acid groups (broad SMARTS) is 2. The molecule has 2 atom stereocenters. The second-order valence-corrected chi connectivity index (χ2v) is 6.59. The molecule has 1 aromatic rings. The Kier molecular flexibility index (Phi) is 6.97. The van der Waals surface area contributed by atoms with Gasteiger partial charge in [-0.3, -0.25) is 0 Å². The van der Waals surface area contributed by atoms with E-state index in [-0.39, 0.29) is 0 Å². The van der Waals surface area contributed by atoms with Gasteiger partial charge in [-0.1, -0.05) is 23.3 Å². The van der Waals surface area contributed by atoms with Crippen LogP contribution in [-0.4, -0.2) is 33.3 Å². The van der Waals surface area contributed by atoms with Crippen LogP contribution >= 0.6 is 0 Å². The van der Waals surface area contributed by atoms with Gasteiger partial charge in [0.1, 0.15) is 5.75 Å². The number of benzene rings is 1. The molecule has 2 aliphatic rings. The van der Waals surface area contributed by atoms with Gasteiger partial charge in [-0.15, -0.1) is 0 Å². The monoisotopic (exact) mass is 359 g/mol. The normalized spacial score (nSPS) is 22.3. The number of aliphatic carboxylic acids is 2. The number of hydrogen-bond acceptors (Lipinski definition) is 4. The molecule has 1 aliphatic carbocycles. The van der Waals surface area contributed by atoms with Gasteiger partial charge in [-0.25, -0.2) is 9.59 Å². The summed E-state index contributed by atoms with van der Waals surface area (Å²) in [4.78, 5) is 19.1. The zero-order valence-electron chi connectivity index (χ0n) is 14.8. The third-order valence-electron chi connectivity index (χ3n) is 4.69. The molecular formula is C20H25NO5. The minimum absolute atomic E-state index is 0.365. The quantitative estimate of drug-likeness (QED) is 0.487. The van der Waals surface area contributed by atoms with E-state index in [0.29, 0.717) is 30.0 Å². The Morgan fingerprint density at radius 1 is 1.12 bits per heavy atom. The van der Waals surface area contributed by atoms with Gasteiger partial charge in [0.05, 0.1) is 0 Å². The largest absolute Gasteiger partial charge is 0.508 e. The Balaban J connectivity index is 0.000000260. The van der Waals surface area contributed by atoms with Gasteiger partial charge in [0.15, 0.2) is 0 Å². The van der Waals surface area contributed by atoms with Crippen molar-refractivity contribution in [2.45, 2.75) is 51.1 Å². The summed E-state index contributed by atoms with van der Waals surface area (Å²) in [5, 5.41) is 28.9. The lowest BCUT2D eigenvalue weighted by Crippen LogP contribution is -2.37. The molecule has 26 heavy (non-hydrogen) atoms. The van der Waals surface area contributed by atoms with Crippen LogP contribution in [0.1, 0.15) is 50.6 Å². The van der Waals surface area contributed by atoms with Crippen LogP contribution in [0.15, 0.2) is 47.6 Å². The number of phenolic OH excluding ortho intramolecular Hbond substituents is 1. The Hall–Kier alpha value is -2.60. The Labute approximate surface area is 152 Å². The zero-order valence-corrected chi connectivity index (χ0v) is 14.8.